The van der Waals surface area contributed by atoms with E-state index in [0.717, 1.165) is 31.4 Å². The van der Waals surface area contributed by atoms with Crippen LogP contribution < -0.4 is 10.2 Å². The zero-order valence-corrected chi connectivity index (χ0v) is 14.7. The van der Waals surface area contributed by atoms with Gasteiger partial charge in [0.1, 0.15) is 13.2 Å². The number of benzene rings is 1. The van der Waals surface area contributed by atoms with Crippen molar-refractivity contribution in [3.63, 3.8) is 0 Å². The van der Waals surface area contributed by atoms with Crippen molar-refractivity contribution in [2.75, 3.05) is 31.2 Å². The summed E-state index contributed by atoms with van der Waals surface area (Å²) in [5.41, 5.74) is 1.22. The van der Waals surface area contributed by atoms with E-state index in [0.29, 0.717) is 25.1 Å². The van der Waals surface area contributed by atoms with Crippen LogP contribution in [0.5, 0.6) is 0 Å². The molecule has 2 aliphatic rings. The molecule has 2 fully saturated rings. The van der Waals surface area contributed by atoms with Crippen LogP contribution in [0.2, 0.25) is 0 Å². The summed E-state index contributed by atoms with van der Waals surface area (Å²) in [6, 6.07) is 6.79. The summed E-state index contributed by atoms with van der Waals surface area (Å²) >= 11 is 0. The van der Waals surface area contributed by atoms with E-state index >= 15 is 0 Å². The van der Waals surface area contributed by atoms with E-state index in [-0.39, 0.29) is 31.1 Å². The van der Waals surface area contributed by atoms with Gasteiger partial charge < -0.3 is 19.7 Å². The Morgan fingerprint density at radius 2 is 2.00 bits per heavy atom. The summed E-state index contributed by atoms with van der Waals surface area (Å²) in [4.78, 5) is 37.3. The van der Waals surface area contributed by atoms with Gasteiger partial charge in [0.2, 0.25) is 5.91 Å². The fraction of sp³-hybridized carbons (Fsp3) is 0.526. The maximum atomic E-state index is 12.1. The molecule has 2 aliphatic heterocycles. The number of carbonyl (C=O) groups is 3. The number of rotatable bonds is 6. The fourth-order valence-corrected chi connectivity index (χ4v) is 3.14. The molecule has 0 spiro atoms. The Bertz CT molecular complexity index is 652. The van der Waals surface area contributed by atoms with Crippen LogP contribution in [-0.4, -0.2) is 50.2 Å². The van der Waals surface area contributed by atoms with Gasteiger partial charge in [-0.2, -0.15) is 0 Å². The molecular formula is C19H24N2O5. The number of nitrogens with zero attached hydrogens (tertiary/aromatic N) is 1. The van der Waals surface area contributed by atoms with Crippen LogP contribution in [0.15, 0.2) is 24.3 Å². The Hall–Kier alpha value is -2.41. The zero-order valence-electron chi connectivity index (χ0n) is 14.7. The summed E-state index contributed by atoms with van der Waals surface area (Å²) in [5, 5.41) is 2.55. The summed E-state index contributed by atoms with van der Waals surface area (Å²) in [6.07, 6.45) is 4.41. The molecule has 26 heavy (non-hydrogen) atoms. The standard InChI is InChI=1S/C19H24N2O5/c22-17-5-3-10-21(17)15-8-6-14(7-9-15)19(24)20-12-18(23)26-13-16-4-1-2-11-25-16/h6-9,16H,1-5,10-13H2,(H,20,24)/t16-/m0/s1. The third-order valence-corrected chi connectivity index (χ3v) is 4.61. The van der Waals surface area contributed by atoms with Crippen molar-refractivity contribution < 1.29 is 23.9 Å². The van der Waals surface area contributed by atoms with Crippen LogP contribution in [0.4, 0.5) is 5.69 Å². The highest BCUT2D eigenvalue weighted by Crippen LogP contribution is 2.21. The molecule has 0 aliphatic carbocycles. The second-order valence-corrected chi connectivity index (χ2v) is 6.55. The summed E-state index contributed by atoms with van der Waals surface area (Å²) < 4.78 is 10.6. The highest BCUT2D eigenvalue weighted by atomic mass is 16.6. The lowest BCUT2D eigenvalue weighted by atomic mass is 10.1. The van der Waals surface area contributed by atoms with Gasteiger partial charge in [-0.25, -0.2) is 0 Å². The fourth-order valence-electron chi connectivity index (χ4n) is 3.14. The smallest absolute Gasteiger partial charge is 0.325 e. The third kappa shape index (κ3) is 4.82. The zero-order chi connectivity index (χ0) is 18.4. The highest BCUT2D eigenvalue weighted by molar-refractivity contribution is 5.98. The van der Waals surface area contributed by atoms with Crippen molar-refractivity contribution in [2.45, 2.75) is 38.2 Å². The Morgan fingerprint density at radius 3 is 2.65 bits per heavy atom. The van der Waals surface area contributed by atoms with E-state index in [4.69, 9.17) is 9.47 Å². The first-order valence-electron chi connectivity index (χ1n) is 9.09. The lowest BCUT2D eigenvalue weighted by Crippen LogP contribution is -2.33. The number of amides is 2. The Balaban J connectivity index is 1.42. The predicted octanol–water partition coefficient (Wildman–Crippen LogP) is 1.66. The number of ether oxygens (including phenoxy) is 2. The largest absolute Gasteiger partial charge is 0.462 e. The number of anilines is 1. The third-order valence-electron chi connectivity index (χ3n) is 4.61. The molecule has 0 aromatic heterocycles. The maximum Gasteiger partial charge on any atom is 0.325 e. The van der Waals surface area contributed by atoms with E-state index in [1.165, 1.54) is 0 Å². The minimum Gasteiger partial charge on any atom is -0.462 e. The van der Waals surface area contributed by atoms with Crippen LogP contribution in [-0.2, 0) is 19.1 Å². The van der Waals surface area contributed by atoms with Crippen molar-refractivity contribution in [3.05, 3.63) is 29.8 Å². The molecule has 7 nitrogen and oxygen atoms in total. The van der Waals surface area contributed by atoms with E-state index in [1.54, 1.807) is 29.2 Å². The van der Waals surface area contributed by atoms with Gasteiger partial charge in [-0.1, -0.05) is 0 Å². The Kier molecular flexibility index (Phi) is 6.22. The first-order chi connectivity index (χ1) is 12.6. The van der Waals surface area contributed by atoms with E-state index in [9.17, 15) is 14.4 Å². The molecule has 0 unspecified atom stereocenters. The van der Waals surface area contributed by atoms with Gasteiger partial charge >= 0.3 is 5.97 Å². The molecule has 1 aromatic carbocycles. The van der Waals surface area contributed by atoms with Gasteiger partial charge in [-0.05, 0) is 49.9 Å². The van der Waals surface area contributed by atoms with Crippen LogP contribution >= 0.6 is 0 Å². The number of hydrogen-bond acceptors (Lipinski definition) is 5. The molecule has 1 aromatic rings. The van der Waals surface area contributed by atoms with E-state index in [1.807, 2.05) is 0 Å². The van der Waals surface area contributed by atoms with Crippen molar-refractivity contribution >= 4 is 23.5 Å². The van der Waals surface area contributed by atoms with Crippen LogP contribution in [0, 0.1) is 0 Å². The number of hydrogen-bond donors (Lipinski definition) is 1. The number of nitrogens with one attached hydrogen (secondary N) is 1. The van der Waals surface area contributed by atoms with E-state index in [2.05, 4.69) is 5.32 Å². The molecule has 2 heterocycles. The van der Waals surface area contributed by atoms with Gasteiger partial charge in [0.05, 0.1) is 6.10 Å². The van der Waals surface area contributed by atoms with Crippen molar-refractivity contribution in [1.29, 1.82) is 0 Å². The molecule has 1 N–H and O–H groups in total. The van der Waals surface area contributed by atoms with Gasteiger partial charge in [0, 0.05) is 30.8 Å². The van der Waals surface area contributed by atoms with Gasteiger partial charge in [0.25, 0.3) is 5.91 Å². The molecule has 3 rings (SSSR count). The number of carbonyl (C=O) groups excluding carboxylic acids is 3. The molecule has 7 heteroatoms. The Labute approximate surface area is 152 Å². The maximum absolute atomic E-state index is 12.1. The quantitative estimate of drug-likeness (QED) is 0.780. The molecule has 1 atom stereocenters. The van der Waals surface area contributed by atoms with Crippen molar-refractivity contribution in [1.82, 2.24) is 5.32 Å². The molecule has 2 amide bonds. The molecular weight excluding hydrogens is 336 g/mol. The second-order valence-electron chi connectivity index (χ2n) is 6.55. The monoisotopic (exact) mass is 360 g/mol. The highest BCUT2D eigenvalue weighted by Gasteiger charge is 2.22. The first kappa shape index (κ1) is 18.4. The van der Waals surface area contributed by atoms with Gasteiger partial charge in [-0.3, -0.25) is 14.4 Å². The molecule has 140 valence electrons. The lowest BCUT2D eigenvalue weighted by molar-refractivity contribution is -0.147. The number of esters is 1. The van der Waals surface area contributed by atoms with Gasteiger partial charge in [0.15, 0.2) is 0 Å². The van der Waals surface area contributed by atoms with E-state index < -0.39 is 5.97 Å². The second kappa shape index (κ2) is 8.80. The topological polar surface area (TPSA) is 84.9 Å². The molecule has 0 bridgehead atoms. The summed E-state index contributed by atoms with van der Waals surface area (Å²) in [6.45, 7) is 1.46. The lowest BCUT2D eigenvalue weighted by Gasteiger charge is -2.22. The normalized spacial score (nSPS) is 20.1. The molecule has 2 saturated heterocycles. The minimum atomic E-state index is -0.480. The SMILES string of the molecule is O=C(CNC(=O)c1ccc(N2CCCC2=O)cc1)OC[C@@H]1CCCCO1. The van der Waals surface area contributed by atoms with Crippen molar-refractivity contribution in [3.8, 4) is 0 Å². The van der Waals surface area contributed by atoms with Gasteiger partial charge in [-0.15, -0.1) is 0 Å². The summed E-state index contributed by atoms with van der Waals surface area (Å²) in [5.74, 6) is -0.728. The molecule has 0 saturated carbocycles. The predicted molar refractivity (Wildman–Crippen MR) is 94.9 cm³/mol. The average Bonchev–Trinajstić information content (AvgIpc) is 3.11. The summed E-state index contributed by atoms with van der Waals surface area (Å²) in [7, 11) is 0. The molecule has 0 radical (unpaired) electrons. The Morgan fingerprint density at radius 1 is 1.19 bits per heavy atom. The van der Waals surface area contributed by atoms with Crippen molar-refractivity contribution in [2.24, 2.45) is 0 Å². The van der Waals surface area contributed by atoms with Crippen LogP contribution in [0.3, 0.4) is 0 Å². The van der Waals surface area contributed by atoms with Crippen LogP contribution in [0.25, 0.3) is 0 Å². The average molecular weight is 360 g/mol. The van der Waals surface area contributed by atoms with Crippen LogP contribution in [0.1, 0.15) is 42.5 Å². The minimum absolute atomic E-state index is 0.0377. The first-order valence-corrected chi connectivity index (χ1v) is 9.09.